The quantitative estimate of drug-likeness (QED) is 0.691. The number of thiophene rings is 1. The summed E-state index contributed by atoms with van der Waals surface area (Å²) < 4.78 is 27.7. The van der Waals surface area contributed by atoms with Crippen molar-refractivity contribution in [2.24, 2.45) is 7.05 Å². The van der Waals surface area contributed by atoms with E-state index in [4.69, 9.17) is 0 Å². The minimum Gasteiger partial charge on any atom is -0.353 e. The molecule has 1 saturated heterocycles. The average Bonchev–Trinajstić information content (AvgIpc) is 3.17. The molecule has 0 bridgehead atoms. The standard InChI is InChI=1S/C17H19F2N7OS/c1-25-9-11(12(24-25)14(18)19)22-16(27)13-15(26-6-2-4-20-5-7-26)21-10-3-8-28-17(10)23-13/h3,8-9,14,20H,2,4-7H2,1H3,(H,22,27). The van der Waals surface area contributed by atoms with Crippen LogP contribution in [0, 0.1) is 0 Å². The first-order valence-electron chi connectivity index (χ1n) is 8.87. The Kier molecular flexibility index (Phi) is 5.18. The Morgan fingerprint density at radius 3 is 3.00 bits per heavy atom. The molecule has 3 aromatic heterocycles. The summed E-state index contributed by atoms with van der Waals surface area (Å²) in [6.07, 6.45) is -0.535. The molecule has 4 heterocycles. The monoisotopic (exact) mass is 407 g/mol. The molecule has 1 aliphatic rings. The molecule has 0 radical (unpaired) electrons. The Morgan fingerprint density at radius 2 is 2.18 bits per heavy atom. The number of hydrogen-bond acceptors (Lipinski definition) is 7. The van der Waals surface area contributed by atoms with Crippen molar-refractivity contribution in [2.45, 2.75) is 12.8 Å². The number of fused-ring (bicyclic) bond motifs is 1. The largest absolute Gasteiger partial charge is 0.353 e. The van der Waals surface area contributed by atoms with Gasteiger partial charge in [-0.25, -0.2) is 18.7 Å². The molecule has 0 aliphatic carbocycles. The van der Waals surface area contributed by atoms with Crippen LogP contribution in [0.15, 0.2) is 17.6 Å². The fourth-order valence-electron chi connectivity index (χ4n) is 3.16. The topological polar surface area (TPSA) is 88.0 Å². The van der Waals surface area contributed by atoms with Crippen LogP contribution in [-0.4, -0.2) is 51.8 Å². The number of hydrogen-bond donors (Lipinski definition) is 2. The van der Waals surface area contributed by atoms with Crippen molar-refractivity contribution in [3.8, 4) is 0 Å². The molecule has 2 N–H and O–H groups in total. The molecule has 4 rings (SSSR count). The van der Waals surface area contributed by atoms with Crippen molar-refractivity contribution in [2.75, 3.05) is 36.4 Å². The number of anilines is 2. The van der Waals surface area contributed by atoms with Crippen LogP contribution in [0.1, 0.15) is 29.0 Å². The smallest absolute Gasteiger partial charge is 0.284 e. The van der Waals surface area contributed by atoms with Gasteiger partial charge in [-0.15, -0.1) is 11.3 Å². The average molecular weight is 407 g/mol. The molecule has 0 unspecified atom stereocenters. The van der Waals surface area contributed by atoms with E-state index >= 15 is 0 Å². The summed E-state index contributed by atoms with van der Waals surface area (Å²) >= 11 is 1.38. The highest BCUT2D eigenvalue weighted by atomic mass is 32.1. The third kappa shape index (κ3) is 3.67. The van der Waals surface area contributed by atoms with Gasteiger partial charge < -0.3 is 15.5 Å². The second-order valence-electron chi connectivity index (χ2n) is 6.45. The number of nitrogens with one attached hydrogen (secondary N) is 2. The maximum absolute atomic E-state index is 13.2. The van der Waals surface area contributed by atoms with Gasteiger partial charge in [0.15, 0.2) is 17.2 Å². The summed E-state index contributed by atoms with van der Waals surface area (Å²) in [7, 11) is 1.52. The Morgan fingerprint density at radius 1 is 1.32 bits per heavy atom. The van der Waals surface area contributed by atoms with Gasteiger partial charge in [0.05, 0.1) is 5.69 Å². The van der Waals surface area contributed by atoms with Crippen molar-refractivity contribution in [3.05, 3.63) is 29.0 Å². The molecular weight excluding hydrogens is 388 g/mol. The number of amides is 1. The van der Waals surface area contributed by atoms with Crippen molar-refractivity contribution >= 4 is 39.1 Å². The van der Waals surface area contributed by atoms with E-state index in [0.717, 1.165) is 26.1 Å². The number of carbonyl (C=O) groups excluding carboxylic acids is 1. The Balaban J connectivity index is 1.72. The molecule has 1 amide bonds. The summed E-state index contributed by atoms with van der Waals surface area (Å²) in [5, 5.41) is 11.4. The molecule has 1 fully saturated rings. The lowest BCUT2D eigenvalue weighted by Gasteiger charge is -2.23. The van der Waals surface area contributed by atoms with E-state index in [1.54, 1.807) is 0 Å². The number of rotatable bonds is 4. The minimum absolute atomic E-state index is 0.0286. The SMILES string of the molecule is Cn1cc(NC(=O)c2nc3sccc3nc2N2CCCNCC2)c(C(F)F)n1. The minimum atomic E-state index is -2.79. The van der Waals surface area contributed by atoms with Gasteiger partial charge in [0.2, 0.25) is 0 Å². The van der Waals surface area contributed by atoms with Crippen LogP contribution in [0.5, 0.6) is 0 Å². The first kappa shape index (κ1) is 18.7. The highest BCUT2D eigenvalue weighted by Gasteiger charge is 2.25. The number of halogens is 2. The molecule has 0 atom stereocenters. The lowest BCUT2D eigenvalue weighted by Crippen LogP contribution is -2.31. The molecule has 8 nitrogen and oxygen atoms in total. The van der Waals surface area contributed by atoms with Crippen molar-refractivity contribution < 1.29 is 13.6 Å². The summed E-state index contributed by atoms with van der Waals surface area (Å²) in [6, 6.07) is 1.85. The van der Waals surface area contributed by atoms with Gasteiger partial charge >= 0.3 is 0 Å². The Hall–Kier alpha value is -2.66. The first-order chi connectivity index (χ1) is 13.5. The van der Waals surface area contributed by atoms with Crippen LogP contribution < -0.4 is 15.5 Å². The third-order valence-electron chi connectivity index (χ3n) is 4.44. The van der Waals surface area contributed by atoms with E-state index in [9.17, 15) is 13.6 Å². The summed E-state index contributed by atoms with van der Waals surface area (Å²) in [5.74, 6) is -0.112. The predicted octanol–water partition coefficient (Wildman–Crippen LogP) is 2.41. The second kappa shape index (κ2) is 7.76. The molecule has 0 saturated carbocycles. The molecule has 148 valence electrons. The number of alkyl halides is 2. The fourth-order valence-corrected chi connectivity index (χ4v) is 3.86. The Labute approximate surface area is 163 Å². The maximum Gasteiger partial charge on any atom is 0.284 e. The van der Waals surface area contributed by atoms with E-state index < -0.39 is 18.0 Å². The van der Waals surface area contributed by atoms with Gasteiger partial charge in [0, 0.05) is 32.9 Å². The van der Waals surface area contributed by atoms with Crippen LogP contribution >= 0.6 is 11.3 Å². The summed E-state index contributed by atoms with van der Waals surface area (Å²) in [4.78, 5) is 24.7. The van der Waals surface area contributed by atoms with E-state index in [-0.39, 0.29) is 11.4 Å². The normalized spacial score (nSPS) is 15.2. The van der Waals surface area contributed by atoms with Crippen molar-refractivity contribution in [3.63, 3.8) is 0 Å². The highest BCUT2D eigenvalue weighted by molar-refractivity contribution is 7.16. The van der Waals surface area contributed by atoms with Gasteiger partial charge in [-0.1, -0.05) is 0 Å². The lowest BCUT2D eigenvalue weighted by atomic mass is 10.3. The van der Waals surface area contributed by atoms with Gasteiger partial charge in [0.25, 0.3) is 12.3 Å². The number of carbonyl (C=O) groups is 1. The van der Waals surface area contributed by atoms with E-state index in [0.29, 0.717) is 22.7 Å². The zero-order valence-corrected chi connectivity index (χ0v) is 16.0. The zero-order chi connectivity index (χ0) is 19.7. The van der Waals surface area contributed by atoms with E-state index in [1.165, 1.54) is 29.3 Å². The van der Waals surface area contributed by atoms with E-state index in [2.05, 4.69) is 25.7 Å². The molecular formula is C17H19F2N7OS. The molecule has 28 heavy (non-hydrogen) atoms. The summed E-state index contributed by atoms with van der Waals surface area (Å²) in [6.45, 7) is 3.06. The Bertz CT molecular complexity index is 995. The molecule has 1 aliphatic heterocycles. The van der Waals surface area contributed by atoms with Crippen LogP contribution in [-0.2, 0) is 7.05 Å². The van der Waals surface area contributed by atoms with Crippen LogP contribution in [0.2, 0.25) is 0 Å². The molecule has 0 spiro atoms. The van der Waals surface area contributed by atoms with Gasteiger partial charge in [-0.05, 0) is 24.4 Å². The third-order valence-corrected chi connectivity index (χ3v) is 5.24. The van der Waals surface area contributed by atoms with E-state index in [1.807, 2.05) is 16.3 Å². The first-order valence-corrected chi connectivity index (χ1v) is 9.75. The fraction of sp³-hybridized carbons (Fsp3) is 0.412. The molecule has 11 heteroatoms. The maximum atomic E-state index is 13.2. The number of nitrogens with zero attached hydrogens (tertiary/aromatic N) is 5. The van der Waals surface area contributed by atoms with Crippen molar-refractivity contribution in [1.29, 1.82) is 0 Å². The predicted molar refractivity (Wildman–Crippen MR) is 103 cm³/mol. The molecule has 3 aromatic rings. The summed E-state index contributed by atoms with van der Waals surface area (Å²) in [5.41, 5.74) is 0.338. The van der Waals surface area contributed by atoms with Crippen LogP contribution in [0.3, 0.4) is 0 Å². The lowest BCUT2D eigenvalue weighted by molar-refractivity contribution is 0.102. The number of aryl methyl sites for hydroxylation is 1. The molecule has 0 aromatic carbocycles. The zero-order valence-electron chi connectivity index (χ0n) is 15.2. The second-order valence-corrected chi connectivity index (χ2v) is 7.35. The van der Waals surface area contributed by atoms with Crippen LogP contribution in [0.4, 0.5) is 20.3 Å². The van der Waals surface area contributed by atoms with Gasteiger partial charge in [-0.2, -0.15) is 5.10 Å². The van der Waals surface area contributed by atoms with Crippen LogP contribution in [0.25, 0.3) is 10.3 Å². The van der Waals surface area contributed by atoms with Gasteiger partial charge in [0.1, 0.15) is 10.3 Å². The highest BCUT2D eigenvalue weighted by Crippen LogP contribution is 2.28. The van der Waals surface area contributed by atoms with Gasteiger partial charge in [-0.3, -0.25) is 9.48 Å². The number of aromatic nitrogens is 4. The van der Waals surface area contributed by atoms with Crippen molar-refractivity contribution in [1.82, 2.24) is 25.1 Å².